The van der Waals surface area contributed by atoms with Crippen molar-refractivity contribution in [3.05, 3.63) is 82.9 Å². The van der Waals surface area contributed by atoms with Gasteiger partial charge in [0.2, 0.25) is 5.88 Å². The van der Waals surface area contributed by atoms with Crippen molar-refractivity contribution in [2.75, 3.05) is 13.7 Å². The molecule has 1 aromatic carbocycles. The summed E-state index contributed by atoms with van der Waals surface area (Å²) in [5.74, 6) is 0.264. The Balaban J connectivity index is 1.36. The lowest BCUT2D eigenvalue weighted by Gasteiger charge is -2.19. The Bertz CT molecular complexity index is 1360. The second-order valence-electron chi connectivity index (χ2n) is 9.57. The maximum Gasteiger partial charge on any atom is 0.308 e. The van der Waals surface area contributed by atoms with Crippen LogP contribution in [-0.2, 0) is 35.2 Å². The Labute approximate surface area is 217 Å². The minimum absolute atomic E-state index is 0.173. The third-order valence-corrected chi connectivity index (χ3v) is 7.16. The lowest BCUT2D eigenvalue weighted by atomic mass is 9.95. The first kappa shape index (κ1) is 24.9. The molecule has 5 rings (SSSR count). The van der Waals surface area contributed by atoms with Gasteiger partial charge in [0.15, 0.2) is 0 Å². The molecule has 1 aliphatic rings. The molecule has 0 aliphatic heterocycles. The minimum Gasteiger partial charge on any atom is -0.481 e. The maximum absolute atomic E-state index is 12.5. The number of hydrogen-bond donors (Lipinski definition) is 0. The average molecular weight is 499 g/mol. The van der Waals surface area contributed by atoms with Gasteiger partial charge in [0.1, 0.15) is 0 Å². The lowest BCUT2D eigenvalue weighted by molar-refractivity contribution is -0.143. The van der Waals surface area contributed by atoms with Crippen molar-refractivity contribution in [2.45, 2.75) is 64.3 Å². The number of hydrogen-bond acceptors (Lipinski definition) is 6. The number of methoxy groups -OCH3 is 1. The van der Waals surface area contributed by atoms with E-state index in [1.807, 2.05) is 23.9 Å². The number of carbonyl (C=O) groups is 1. The number of nitrogens with zero attached hydrogens (tertiary/aromatic N) is 4. The van der Waals surface area contributed by atoms with Gasteiger partial charge in [-0.05, 0) is 86.8 Å². The molecule has 1 atom stereocenters. The number of carbonyl (C=O) groups excluding carboxylic acids is 1. The van der Waals surface area contributed by atoms with E-state index in [2.05, 4.69) is 35.3 Å². The molecule has 37 heavy (non-hydrogen) atoms. The Morgan fingerprint density at radius 2 is 1.95 bits per heavy atom. The van der Waals surface area contributed by atoms with Crippen LogP contribution in [0.3, 0.4) is 0 Å². The first-order valence-electron chi connectivity index (χ1n) is 13.2. The molecule has 0 radical (unpaired) electrons. The van der Waals surface area contributed by atoms with Crippen LogP contribution in [0.2, 0.25) is 0 Å². The molecule has 1 aliphatic carbocycles. The largest absolute Gasteiger partial charge is 0.481 e. The zero-order valence-electron chi connectivity index (χ0n) is 21.7. The molecule has 3 heterocycles. The summed E-state index contributed by atoms with van der Waals surface area (Å²) < 4.78 is 12.4. The van der Waals surface area contributed by atoms with E-state index in [1.165, 1.54) is 41.8 Å². The van der Waals surface area contributed by atoms with Crippen molar-refractivity contribution < 1.29 is 14.3 Å². The highest BCUT2D eigenvalue weighted by Gasteiger charge is 2.23. The molecule has 192 valence electrons. The summed E-state index contributed by atoms with van der Waals surface area (Å²) in [7, 11) is 1.59. The highest BCUT2D eigenvalue weighted by molar-refractivity contribution is 5.83. The van der Waals surface area contributed by atoms with Crippen LogP contribution in [0, 0.1) is 0 Å². The summed E-state index contributed by atoms with van der Waals surface area (Å²) in [4.78, 5) is 21.8. The summed E-state index contributed by atoms with van der Waals surface area (Å²) in [5, 5.41) is 5.85. The number of fused-ring (bicyclic) bond motifs is 2. The number of rotatable bonds is 10. The van der Waals surface area contributed by atoms with E-state index in [9.17, 15) is 4.79 Å². The van der Waals surface area contributed by atoms with Gasteiger partial charge in [-0.2, -0.15) is 5.10 Å². The molecule has 4 aromatic rings. The molecule has 0 amide bonds. The normalized spacial score (nSPS) is 13.8. The van der Waals surface area contributed by atoms with Gasteiger partial charge in [0.25, 0.3) is 0 Å². The van der Waals surface area contributed by atoms with Crippen LogP contribution in [0.5, 0.6) is 5.88 Å². The van der Waals surface area contributed by atoms with Crippen molar-refractivity contribution >= 4 is 16.9 Å². The number of esters is 1. The molecule has 0 bridgehead atoms. The molecule has 0 saturated carbocycles. The molecule has 0 fully saturated rings. The standard InChI is InChI=1S/C30H34N4O3/c1-3-37-30(35)18-28(23-15-17-29(36-2)31-19-23)34-27-13-7-10-21(25(27)20-32-34)9-6-11-24-16-14-22-8-4-5-12-26(22)33-24/h7,10,13-17,19-20,28H,3-6,8-9,11-12,18H2,1-2H3. The van der Waals surface area contributed by atoms with Gasteiger partial charge in [0.05, 0.1) is 37.9 Å². The zero-order valence-corrected chi connectivity index (χ0v) is 21.7. The van der Waals surface area contributed by atoms with Gasteiger partial charge < -0.3 is 9.47 Å². The summed E-state index contributed by atoms with van der Waals surface area (Å²) in [6.07, 6.45) is 11.5. The Hall–Kier alpha value is -3.74. The van der Waals surface area contributed by atoms with E-state index in [-0.39, 0.29) is 18.4 Å². The van der Waals surface area contributed by atoms with E-state index in [4.69, 9.17) is 19.6 Å². The fraction of sp³-hybridized carbons (Fsp3) is 0.400. The summed E-state index contributed by atoms with van der Waals surface area (Å²) in [6, 6.07) is 14.2. The van der Waals surface area contributed by atoms with E-state index >= 15 is 0 Å². The molecule has 0 saturated heterocycles. The first-order chi connectivity index (χ1) is 18.2. The van der Waals surface area contributed by atoms with Crippen LogP contribution in [0.4, 0.5) is 0 Å². The molecular formula is C30H34N4O3. The van der Waals surface area contributed by atoms with Gasteiger partial charge in [-0.3, -0.25) is 14.5 Å². The van der Waals surface area contributed by atoms with Crippen molar-refractivity contribution in [2.24, 2.45) is 0 Å². The highest BCUT2D eigenvalue weighted by Crippen LogP contribution is 2.29. The number of ether oxygens (including phenoxy) is 2. The van der Waals surface area contributed by atoms with Crippen molar-refractivity contribution in [1.29, 1.82) is 0 Å². The smallest absolute Gasteiger partial charge is 0.308 e. The Morgan fingerprint density at radius 3 is 2.76 bits per heavy atom. The molecule has 1 unspecified atom stereocenters. The van der Waals surface area contributed by atoms with E-state index < -0.39 is 0 Å². The predicted octanol–water partition coefficient (Wildman–Crippen LogP) is 5.43. The number of aryl methyl sites for hydroxylation is 4. The van der Waals surface area contributed by atoms with E-state index in [0.717, 1.165) is 42.1 Å². The van der Waals surface area contributed by atoms with Crippen LogP contribution in [-0.4, -0.2) is 39.4 Å². The molecule has 0 N–H and O–H groups in total. The minimum atomic E-state index is -0.329. The van der Waals surface area contributed by atoms with E-state index in [1.54, 1.807) is 19.4 Å². The zero-order chi connectivity index (χ0) is 25.6. The Morgan fingerprint density at radius 1 is 1.05 bits per heavy atom. The third-order valence-electron chi connectivity index (χ3n) is 7.16. The Kier molecular flexibility index (Phi) is 7.78. The SMILES string of the molecule is CCOC(=O)CC(c1ccc(OC)nc1)n1ncc2c(CCCc3ccc4c(n3)CCCC4)cccc21. The second-order valence-corrected chi connectivity index (χ2v) is 9.57. The van der Waals surface area contributed by atoms with Crippen LogP contribution >= 0.6 is 0 Å². The van der Waals surface area contributed by atoms with Crippen molar-refractivity contribution in [1.82, 2.24) is 19.7 Å². The predicted molar refractivity (Wildman–Crippen MR) is 143 cm³/mol. The summed E-state index contributed by atoms with van der Waals surface area (Å²) in [6.45, 7) is 2.16. The second kappa shape index (κ2) is 11.5. The molecule has 7 heteroatoms. The lowest BCUT2D eigenvalue weighted by Crippen LogP contribution is -2.18. The quantitative estimate of drug-likeness (QED) is 0.271. The maximum atomic E-state index is 12.5. The fourth-order valence-corrected chi connectivity index (χ4v) is 5.26. The number of aromatic nitrogens is 4. The van der Waals surface area contributed by atoms with Gasteiger partial charge in [-0.25, -0.2) is 4.98 Å². The van der Waals surface area contributed by atoms with Gasteiger partial charge in [-0.15, -0.1) is 0 Å². The summed E-state index contributed by atoms with van der Waals surface area (Å²) >= 11 is 0. The van der Waals surface area contributed by atoms with E-state index in [0.29, 0.717) is 12.5 Å². The monoisotopic (exact) mass is 498 g/mol. The topological polar surface area (TPSA) is 79.1 Å². The van der Waals surface area contributed by atoms with Crippen molar-refractivity contribution in [3.8, 4) is 5.88 Å². The van der Waals surface area contributed by atoms with Crippen molar-refractivity contribution in [3.63, 3.8) is 0 Å². The van der Waals surface area contributed by atoms with Crippen LogP contribution in [0.1, 0.15) is 66.7 Å². The third kappa shape index (κ3) is 5.66. The average Bonchev–Trinajstić information content (AvgIpc) is 3.37. The van der Waals surface area contributed by atoms with Gasteiger partial charge in [0, 0.05) is 29.0 Å². The number of pyridine rings is 2. The first-order valence-corrected chi connectivity index (χ1v) is 13.2. The van der Waals surface area contributed by atoms with Gasteiger partial charge >= 0.3 is 5.97 Å². The van der Waals surface area contributed by atoms with Crippen LogP contribution in [0.25, 0.3) is 10.9 Å². The molecule has 0 spiro atoms. The molecule has 7 nitrogen and oxygen atoms in total. The van der Waals surface area contributed by atoms with Crippen LogP contribution in [0.15, 0.2) is 54.9 Å². The molecular weight excluding hydrogens is 464 g/mol. The molecule has 3 aromatic heterocycles. The number of benzene rings is 1. The van der Waals surface area contributed by atoms with Crippen LogP contribution < -0.4 is 4.74 Å². The van der Waals surface area contributed by atoms with Gasteiger partial charge in [-0.1, -0.05) is 18.2 Å². The highest BCUT2D eigenvalue weighted by atomic mass is 16.5. The fourth-order valence-electron chi connectivity index (χ4n) is 5.26. The summed E-state index contributed by atoms with van der Waals surface area (Å²) in [5.41, 5.74) is 7.04.